The molecule has 6 nitrogen and oxygen atoms in total. The third-order valence-corrected chi connectivity index (χ3v) is 6.02. The highest BCUT2D eigenvalue weighted by molar-refractivity contribution is 14.0. The van der Waals surface area contributed by atoms with Crippen molar-refractivity contribution < 1.29 is 8.42 Å². The largest absolute Gasteiger partial charge is 0.357 e. The molecule has 0 saturated carbocycles. The Balaban J connectivity index is 0.00000338. The minimum Gasteiger partial charge on any atom is -0.357 e. The first-order valence-corrected chi connectivity index (χ1v) is 10.9. The number of aliphatic imine (C=N–C) groups is 1. The molecule has 0 aliphatic carbocycles. The number of hydrogen-bond donors (Lipinski definition) is 2. The quantitative estimate of drug-likeness (QED) is 0.343. The van der Waals surface area contributed by atoms with Crippen LogP contribution >= 0.6 is 24.0 Å². The smallest absolute Gasteiger partial charge is 0.191 e. The van der Waals surface area contributed by atoms with Gasteiger partial charge in [-0.15, -0.1) is 24.0 Å². The number of guanidine groups is 1. The molecule has 148 valence electrons. The van der Waals surface area contributed by atoms with Gasteiger partial charge in [0.25, 0.3) is 0 Å². The number of benzene rings is 1. The number of nitrogens with zero attached hydrogens (tertiary/aromatic N) is 2. The molecular formula is C18H31IN4O2S. The van der Waals surface area contributed by atoms with Crippen LogP contribution < -0.4 is 10.6 Å². The van der Waals surface area contributed by atoms with E-state index in [0.29, 0.717) is 19.6 Å². The minimum atomic E-state index is -2.81. The summed E-state index contributed by atoms with van der Waals surface area (Å²) in [6.45, 7) is 8.50. The van der Waals surface area contributed by atoms with E-state index in [1.54, 1.807) is 0 Å². The van der Waals surface area contributed by atoms with Crippen molar-refractivity contribution in [1.29, 1.82) is 0 Å². The van der Waals surface area contributed by atoms with Gasteiger partial charge in [0.1, 0.15) is 0 Å². The second kappa shape index (κ2) is 11.8. The van der Waals surface area contributed by atoms with Gasteiger partial charge in [0.2, 0.25) is 0 Å². The Kier molecular flexibility index (Phi) is 10.5. The molecule has 0 unspecified atom stereocenters. The van der Waals surface area contributed by atoms with Crippen LogP contribution in [0.5, 0.6) is 0 Å². The van der Waals surface area contributed by atoms with Crippen molar-refractivity contribution in [2.24, 2.45) is 4.99 Å². The lowest BCUT2D eigenvalue weighted by Gasteiger charge is -2.26. The molecule has 2 N–H and O–H groups in total. The molecule has 0 bridgehead atoms. The van der Waals surface area contributed by atoms with E-state index in [1.165, 1.54) is 11.1 Å². The van der Waals surface area contributed by atoms with E-state index >= 15 is 0 Å². The average Bonchev–Trinajstić information content (AvgIpc) is 2.61. The van der Waals surface area contributed by atoms with Crippen LogP contribution in [0.25, 0.3) is 0 Å². The lowest BCUT2D eigenvalue weighted by atomic mass is 10.1. The molecule has 1 aliphatic heterocycles. The van der Waals surface area contributed by atoms with Crippen LogP contribution in [0.2, 0.25) is 0 Å². The van der Waals surface area contributed by atoms with Crippen LogP contribution in [0.15, 0.2) is 29.3 Å². The second-order valence-corrected chi connectivity index (χ2v) is 8.54. The standard InChI is InChI=1S/C18H30N4O2S.HI/c1-3-16-7-5-6-8-17(16)15-21-18(19-4-2)20-9-10-22-11-13-25(23,24)14-12-22;/h5-8H,3-4,9-15H2,1-2H3,(H2,19,20,21);1H. The molecule has 1 heterocycles. The summed E-state index contributed by atoms with van der Waals surface area (Å²) in [6.07, 6.45) is 1.01. The van der Waals surface area contributed by atoms with Crippen LogP contribution in [-0.2, 0) is 22.8 Å². The maximum atomic E-state index is 11.5. The van der Waals surface area contributed by atoms with E-state index < -0.39 is 9.84 Å². The summed E-state index contributed by atoms with van der Waals surface area (Å²) in [4.78, 5) is 6.86. The van der Waals surface area contributed by atoms with Crippen LogP contribution in [0, 0.1) is 0 Å². The number of sulfone groups is 1. The molecule has 26 heavy (non-hydrogen) atoms. The molecule has 0 aromatic heterocycles. The number of hydrogen-bond acceptors (Lipinski definition) is 4. The maximum Gasteiger partial charge on any atom is 0.191 e. The van der Waals surface area contributed by atoms with Gasteiger partial charge in [-0.1, -0.05) is 31.2 Å². The molecule has 2 rings (SSSR count). The van der Waals surface area contributed by atoms with Crippen molar-refractivity contribution >= 4 is 39.8 Å². The van der Waals surface area contributed by atoms with Crippen molar-refractivity contribution in [3.8, 4) is 0 Å². The number of nitrogens with one attached hydrogen (secondary N) is 2. The summed E-state index contributed by atoms with van der Waals surface area (Å²) < 4.78 is 22.9. The predicted octanol–water partition coefficient (Wildman–Crippen LogP) is 1.65. The SMILES string of the molecule is CCNC(=NCc1ccccc1CC)NCCN1CCS(=O)(=O)CC1.I. The summed E-state index contributed by atoms with van der Waals surface area (Å²) in [5, 5.41) is 6.61. The molecular weight excluding hydrogens is 463 g/mol. The molecule has 0 atom stereocenters. The fourth-order valence-corrected chi connectivity index (χ4v) is 4.15. The highest BCUT2D eigenvalue weighted by Crippen LogP contribution is 2.10. The summed E-state index contributed by atoms with van der Waals surface area (Å²) in [5.74, 6) is 1.35. The zero-order chi connectivity index (χ0) is 18.1. The molecule has 0 radical (unpaired) electrons. The van der Waals surface area contributed by atoms with E-state index in [1.807, 2.05) is 6.92 Å². The third kappa shape index (κ3) is 7.79. The fourth-order valence-electron chi connectivity index (χ4n) is 2.87. The summed E-state index contributed by atoms with van der Waals surface area (Å²) in [6, 6.07) is 8.39. The first kappa shape index (κ1) is 23.2. The molecule has 0 spiro atoms. The monoisotopic (exact) mass is 494 g/mol. The molecule has 1 aromatic rings. The summed E-state index contributed by atoms with van der Waals surface area (Å²) in [7, 11) is -2.81. The number of aryl methyl sites for hydroxylation is 1. The van der Waals surface area contributed by atoms with E-state index in [2.05, 4.69) is 51.7 Å². The Morgan fingerprint density at radius 3 is 2.38 bits per heavy atom. The van der Waals surface area contributed by atoms with Crippen molar-refractivity contribution in [2.45, 2.75) is 26.8 Å². The predicted molar refractivity (Wildman–Crippen MR) is 119 cm³/mol. The van der Waals surface area contributed by atoms with Gasteiger partial charge in [0.15, 0.2) is 15.8 Å². The van der Waals surface area contributed by atoms with Gasteiger partial charge in [-0.05, 0) is 24.5 Å². The molecule has 0 amide bonds. The average molecular weight is 494 g/mol. The molecule has 1 aromatic carbocycles. The summed E-state index contributed by atoms with van der Waals surface area (Å²) in [5.41, 5.74) is 2.58. The van der Waals surface area contributed by atoms with Crippen LogP contribution in [0.3, 0.4) is 0 Å². The maximum absolute atomic E-state index is 11.5. The Morgan fingerprint density at radius 2 is 1.77 bits per heavy atom. The van der Waals surface area contributed by atoms with Gasteiger partial charge in [-0.2, -0.15) is 0 Å². The molecule has 1 fully saturated rings. The Labute approximate surface area is 174 Å². The topological polar surface area (TPSA) is 73.8 Å². The number of halogens is 1. The van der Waals surface area contributed by atoms with Crippen LogP contribution in [0.4, 0.5) is 0 Å². The van der Waals surface area contributed by atoms with Gasteiger partial charge < -0.3 is 10.6 Å². The van der Waals surface area contributed by atoms with Crippen LogP contribution in [0.1, 0.15) is 25.0 Å². The fraction of sp³-hybridized carbons (Fsp3) is 0.611. The van der Waals surface area contributed by atoms with Crippen molar-refractivity contribution in [3.63, 3.8) is 0 Å². The van der Waals surface area contributed by atoms with Crippen molar-refractivity contribution in [3.05, 3.63) is 35.4 Å². The number of rotatable bonds is 7. The van der Waals surface area contributed by atoms with Gasteiger partial charge in [-0.25, -0.2) is 13.4 Å². The van der Waals surface area contributed by atoms with Crippen molar-refractivity contribution in [2.75, 3.05) is 44.2 Å². The lowest BCUT2D eigenvalue weighted by Crippen LogP contribution is -2.45. The normalized spacial score (nSPS) is 17.4. The van der Waals surface area contributed by atoms with Crippen molar-refractivity contribution in [1.82, 2.24) is 15.5 Å². The first-order chi connectivity index (χ1) is 12.0. The van der Waals surface area contributed by atoms with Gasteiger partial charge in [-0.3, -0.25) is 4.90 Å². The Morgan fingerprint density at radius 1 is 1.12 bits per heavy atom. The second-order valence-electron chi connectivity index (χ2n) is 6.24. The lowest BCUT2D eigenvalue weighted by molar-refractivity contribution is 0.299. The highest BCUT2D eigenvalue weighted by Gasteiger charge is 2.20. The minimum absolute atomic E-state index is 0. The summed E-state index contributed by atoms with van der Waals surface area (Å²) >= 11 is 0. The Bertz CT molecular complexity index is 666. The zero-order valence-corrected chi connectivity index (χ0v) is 18.8. The highest BCUT2D eigenvalue weighted by atomic mass is 127. The first-order valence-electron chi connectivity index (χ1n) is 9.05. The van der Waals surface area contributed by atoms with Gasteiger partial charge in [0.05, 0.1) is 18.1 Å². The molecule has 1 saturated heterocycles. The van der Waals surface area contributed by atoms with Crippen LogP contribution in [-0.4, -0.2) is 63.5 Å². The van der Waals surface area contributed by atoms with E-state index in [4.69, 9.17) is 0 Å². The van der Waals surface area contributed by atoms with E-state index in [9.17, 15) is 8.42 Å². The van der Waals surface area contributed by atoms with Gasteiger partial charge >= 0.3 is 0 Å². The Hall–Kier alpha value is -0.870. The van der Waals surface area contributed by atoms with E-state index in [-0.39, 0.29) is 35.5 Å². The zero-order valence-electron chi connectivity index (χ0n) is 15.7. The molecule has 8 heteroatoms. The third-order valence-electron chi connectivity index (χ3n) is 4.41. The molecule has 1 aliphatic rings. The van der Waals surface area contributed by atoms with E-state index in [0.717, 1.165) is 32.0 Å². The van der Waals surface area contributed by atoms with Gasteiger partial charge in [0, 0.05) is 32.7 Å².